The van der Waals surface area contributed by atoms with E-state index in [0.29, 0.717) is 145 Å². The Morgan fingerprint density at radius 3 is 0.859 bits per heavy atom. The molecule has 0 aromatic rings. The van der Waals surface area contributed by atoms with Crippen LogP contribution in [-0.2, 0) is 95.4 Å². The number of rotatable bonds is 63. The summed E-state index contributed by atoms with van der Waals surface area (Å²) in [7, 11) is 0. The second-order valence-corrected chi connectivity index (χ2v) is 17.8. The van der Waals surface area contributed by atoms with Crippen molar-refractivity contribution in [2.45, 2.75) is 149 Å². The zero-order valence-electron chi connectivity index (χ0n) is 47.7. The summed E-state index contributed by atoms with van der Waals surface area (Å²) >= 11 is 0. The summed E-state index contributed by atoms with van der Waals surface area (Å²) in [6.07, 6.45) is 7.55. The zero-order chi connectivity index (χ0) is 57.0. The van der Waals surface area contributed by atoms with Gasteiger partial charge in [0.05, 0.1) is 144 Å². The first-order valence-electron chi connectivity index (χ1n) is 27.9. The third-order valence-electron chi connectivity index (χ3n) is 10.5. The third kappa shape index (κ3) is 60.8. The number of carbonyl (C=O) groups is 4. The third-order valence-corrected chi connectivity index (χ3v) is 10.5. The monoisotopic (exact) mass is 1130 g/mol. The van der Waals surface area contributed by atoms with E-state index in [-0.39, 0.29) is 69.2 Å². The van der Waals surface area contributed by atoms with E-state index in [1.54, 1.807) is 0 Å². The van der Waals surface area contributed by atoms with Crippen molar-refractivity contribution < 1.29 is 106 Å². The van der Waals surface area contributed by atoms with Crippen LogP contribution in [0, 0.1) is 0 Å². The van der Waals surface area contributed by atoms with Crippen LogP contribution < -0.4 is 21.9 Å². The zero-order valence-corrected chi connectivity index (χ0v) is 47.7. The van der Waals surface area contributed by atoms with E-state index in [4.69, 9.17) is 76.2 Å². The normalized spacial score (nSPS) is 12.7. The van der Waals surface area contributed by atoms with Crippen molar-refractivity contribution in [2.24, 2.45) is 0 Å². The maximum Gasteiger partial charge on any atom is 0.240 e. The van der Waals surface area contributed by atoms with Gasteiger partial charge in [-0.1, -0.05) is 0 Å². The Balaban J connectivity index is 5.21. The van der Waals surface area contributed by atoms with Crippen molar-refractivity contribution in [1.82, 2.24) is 21.9 Å². The minimum absolute atomic E-state index is 0.104. The molecule has 6 N–H and O–H groups in total. The fourth-order valence-corrected chi connectivity index (χ4v) is 6.69. The molecule has 0 rings (SSSR count). The van der Waals surface area contributed by atoms with Gasteiger partial charge in [0.25, 0.3) is 0 Å². The molecule has 3 unspecified atom stereocenters. The minimum atomic E-state index is -1.80. The van der Waals surface area contributed by atoms with E-state index in [2.05, 4.69) is 21.9 Å². The van der Waals surface area contributed by atoms with Gasteiger partial charge in [-0.05, 0) is 89.9 Å². The van der Waals surface area contributed by atoms with Crippen molar-refractivity contribution in [3.8, 4) is 0 Å². The number of nitrogens with one attached hydrogen (secondary N) is 4. The molecule has 0 saturated heterocycles. The molecular formula is C52H102N4O22. The van der Waals surface area contributed by atoms with E-state index >= 15 is 0 Å². The molecule has 0 radical (unpaired) electrons. The Labute approximate surface area is 463 Å². The van der Waals surface area contributed by atoms with Crippen LogP contribution >= 0.6 is 0 Å². The molecule has 26 heteroatoms. The number of aliphatic hydroxyl groups is 2. The number of carbonyl (C=O) groups excluding carboxylic acids is 4. The molecule has 0 aliphatic heterocycles. The lowest BCUT2D eigenvalue weighted by Crippen LogP contribution is -2.37. The lowest BCUT2D eigenvalue weighted by atomic mass is 10.0. The molecule has 0 aromatic carbocycles. The highest BCUT2D eigenvalue weighted by molar-refractivity contribution is 5.72. The van der Waals surface area contributed by atoms with Gasteiger partial charge in [-0.15, -0.1) is 0 Å². The number of hydrogen-bond donors (Lipinski definition) is 6. The molecule has 0 aliphatic rings. The summed E-state index contributed by atoms with van der Waals surface area (Å²) in [6.45, 7) is 15.4. The fraction of sp³-hybridized carbons (Fsp3) is 0.923. The number of unbranched alkanes of at least 4 members (excludes halogenated alkanes) is 8. The second-order valence-electron chi connectivity index (χ2n) is 17.8. The van der Waals surface area contributed by atoms with Gasteiger partial charge < -0.3 is 67.1 Å². The molecule has 4 amide bonds. The van der Waals surface area contributed by atoms with Crippen molar-refractivity contribution >= 4 is 23.6 Å². The molecule has 0 aliphatic carbocycles. The Hall–Kier alpha value is -2.84. The molecule has 78 heavy (non-hydrogen) atoms. The van der Waals surface area contributed by atoms with E-state index in [9.17, 15) is 29.4 Å². The summed E-state index contributed by atoms with van der Waals surface area (Å²) in [5.74, 6) is -0.935. The Kier molecular flexibility index (Phi) is 58.1. The van der Waals surface area contributed by atoms with E-state index < -0.39 is 18.5 Å². The highest BCUT2D eigenvalue weighted by Crippen LogP contribution is 2.19. The van der Waals surface area contributed by atoms with Crippen LogP contribution in [0.2, 0.25) is 0 Å². The number of hydrogen-bond acceptors (Lipinski definition) is 22. The maximum atomic E-state index is 10.9. The standard InChI is InChI=1S/C52H102N4O22/c1-45(57)53-75-22-13-5-9-18-63-27-32-68-36-31-67-26-17-49(72-40-37-69-33-28-64-19-10-6-14-23-76-54-46(2)58)43-50(73-41-38-70-34-29-65-20-11-7-15-24-77-55-47(3)59)44-51(52(61)62)74-42-39-71-35-30-66-21-12-8-16-25-78-56-48(4)60/h49-52,61-62H,5-44H2,1-4H3,(H,53,57)(H,54,58)(H,55,59)(H,56,60). The first-order valence-corrected chi connectivity index (χ1v) is 27.9. The van der Waals surface area contributed by atoms with Crippen LogP contribution in [-0.4, -0.2) is 224 Å². The van der Waals surface area contributed by atoms with E-state index in [1.807, 2.05) is 0 Å². The number of amides is 4. The summed E-state index contributed by atoms with van der Waals surface area (Å²) in [5.41, 5.74) is 9.22. The van der Waals surface area contributed by atoms with Crippen molar-refractivity contribution in [2.75, 3.05) is 165 Å². The van der Waals surface area contributed by atoms with Gasteiger partial charge in [0.15, 0.2) is 6.29 Å². The molecule has 0 spiro atoms. The molecular weight excluding hydrogens is 1030 g/mol. The quantitative estimate of drug-likeness (QED) is 0.0290. The Morgan fingerprint density at radius 1 is 0.295 bits per heavy atom. The smallest absolute Gasteiger partial charge is 0.240 e. The number of hydroxylamine groups is 4. The highest BCUT2D eigenvalue weighted by atomic mass is 16.7. The van der Waals surface area contributed by atoms with Crippen LogP contribution in [0.1, 0.15) is 124 Å². The van der Waals surface area contributed by atoms with Crippen LogP contribution in [0.5, 0.6) is 0 Å². The summed E-state index contributed by atoms with van der Waals surface area (Å²) < 4.78 is 70.2. The number of aliphatic hydroxyl groups excluding tert-OH is 1. The fourth-order valence-electron chi connectivity index (χ4n) is 6.69. The first-order chi connectivity index (χ1) is 38.0. The maximum absolute atomic E-state index is 10.9. The lowest BCUT2D eigenvalue weighted by molar-refractivity contribution is -0.167. The van der Waals surface area contributed by atoms with Crippen molar-refractivity contribution in [3.05, 3.63) is 0 Å². The molecule has 0 aromatic heterocycles. The second kappa shape index (κ2) is 60.3. The van der Waals surface area contributed by atoms with Crippen LogP contribution in [0.3, 0.4) is 0 Å². The molecule has 0 bridgehead atoms. The molecule has 0 saturated carbocycles. The van der Waals surface area contributed by atoms with Gasteiger partial charge in [0, 0.05) is 67.2 Å². The van der Waals surface area contributed by atoms with Gasteiger partial charge >= 0.3 is 0 Å². The van der Waals surface area contributed by atoms with Gasteiger partial charge in [-0.2, -0.15) is 0 Å². The number of ether oxygens (including phenoxy) is 12. The topological polar surface area (TPSA) is 305 Å². The average molecular weight is 1140 g/mol. The minimum Gasteiger partial charge on any atom is -0.379 e. The lowest BCUT2D eigenvalue weighted by Gasteiger charge is -2.28. The highest BCUT2D eigenvalue weighted by Gasteiger charge is 2.26. The SMILES string of the molecule is CC(=O)NOCCCCCOCCOCCOCCC(CC(CC(OCCOCCOCCCCCONC(C)=O)C(O)O)OCCOCCOCCCCCONC(C)=O)OCCOCCOCCCCCONC(C)=O. The molecule has 26 nitrogen and oxygen atoms in total. The van der Waals surface area contributed by atoms with Gasteiger partial charge in [-0.3, -0.25) is 38.5 Å². The predicted molar refractivity (Wildman–Crippen MR) is 283 cm³/mol. The summed E-state index contributed by atoms with van der Waals surface area (Å²) in [5, 5.41) is 20.9. The van der Waals surface area contributed by atoms with Crippen LogP contribution in [0.25, 0.3) is 0 Å². The Morgan fingerprint density at radius 2 is 0.551 bits per heavy atom. The summed E-state index contributed by atoms with van der Waals surface area (Å²) in [4.78, 5) is 63.7. The first kappa shape index (κ1) is 75.2. The van der Waals surface area contributed by atoms with E-state index in [0.717, 1.165) is 77.0 Å². The van der Waals surface area contributed by atoms with Crippen molar-refractivity contribution in [3.63, 3.8) is 0 Å². The van der Waals surface area contributed by atoms with E-state index in [1.165, 1.54) is 27.7 Å². The molecule has 3 atom stereocenters. The molecule has 0 fully saturated rings. The largest absolute Gasteiger partial charge is 0.379 e. The van der Waals surface area contributed by atoms with Crippen LogP contribution in [0.15, 0.2) is 0 Å². The van der Waals surface area contributed by atoms with Gasteiger partial charge in [0.2, 0.25) is 23.6 Å². The molecule has 0 heterocycles. The van der Waals surface area contributed by atoms with Gasteiger partial charge in [0.1, 0.15) is 6.10 Å². The predicted octanol–water partition coefficient (Wildman–Crippen LogP) is 2.72. The van der Waals surface area contributed by atoms with Crippen LogP contribution in [0.4, 0.5) is 0 Å². The average Bonchev–Trinajstić information content (AvgIpc) is 3.39. The van der Waals surface area contributed by atoms with Gasteiger partial charge in [-0.25, -0.2) is 21.9 Å². The van der Waals surface area contributed by atoms with Crippen molar-refractivity contribution in [1.29, 1.82) is 0 Å². The Bertz CT molecular complexity index is 1330. The summed E-state index contributed by atoms with van der Waals surface area (Å²) in [6, 6.07) is 0. The molecule has 462 valence electrons.